The minimum Gasteiger partial charge on any atom is -0.389 e. The highest BCUT2D eigenvalue weighted by Crippen LogP contribution is 2.28. The monoisotopic (exact) mass is 342 g/mol. The maximum Gasteiger partial charge on any atom is 0.135 e. The molecule has 0 amide bonds. The van der Waals surface area contributed by atoms with Crippen LogP contribution in [-0.2, 0) is 0 Å². The summed E-state index contributed by atoms with van der Waals surface area (Å²) in [5.41, 5.74) is 7.15. The van der Waals surface area contributed by atoms with Crippen LogP contribution in [-0.4, -0.2) is 4.99 Å². The van der Waals surface area contributed by atoms with Crippen LogP contribution in [0.1, 0.15) is 24.1 Å². The summed E-state index contributed by atoms with van der Waals surface area (Å²) in [5.74, 6) is -0.457. The molecule has 2 aromatic rings. The molecule has 21 heavy (non-hydrogen) atoms. The average molecular weight is 343 g/mol. The molecule has 0 aliphatic rings. The maximum absolute atomic E-state index is 13.8. The highest BCUT2D eigenvalue weighted by molar-refractivity contribution is 7.80. The lowest BCUT2D eigenvalue weighted by molar-refractivity contribution is 0.625. The largest absolute Gasteiger partial charge is 0.389 e. The van der Waals surface area contributed by atoms with Crippen molar-refractivity contribution in [2.24, 2.45) is 5.73 Å². The van der Waals surface area contributed by atoms with Crippen LogP contribution in [0.15, 0.2) is 36.4 Å². The molecular formula is C15H13Cl2FN2S. The third kappa shape index (κ3) is 3.84. The first-order chi connectivity index (χ1) is 9.88. The highest BCUT2D eigenvalue weighted by Gasteiger charge is 2.12. The van der Waals surface area contributed by atoms with Crippen molar-refractivity contribution in [3.05, 3.63) is 63.4 Å². The van der Waals surface area contributed by atoms with E-state index in [1.54, 1.807) is 24.3 Å². The zero-order chi connectivity index (χ0) is 15.6. The minimum absolute atomic E-state index is 0.0350. The second-order valence-electron chi connectivity index (χ2n) is 4.59. The van der Waals surface area contributed by atoms with Crippen molar-refractivity contribution in [1.29, 1.82) is 0 Å². The van der Waals surface area contributed by atoms with E-state index in [9.17, 15) is 4.39 Å². The van der Waals surface area contributed by atoms with Crippen LogP contribution in [0.4, 0.5) is 10.1 Å². The van der Waals surface area contributed by atoms with Crippen molar-refractivity contribution < 1.29 is 4.39 Å². The predicted molar refractivity (Wildman–Crippen MR) is 90.8 cm³/mol. The molecule has 0 aliphatic heterocycles. The fraction of sp³-hybridized carbons (Fsp3) is 0.133. The number of thiocarbonyl (C=S) groups is 1. The zero-order valence-corrected chi connectivity index (χ0v) is 13.5. The third-order valence-electron chi connectivity index (χ3n) is 3.05. The lowest BCUT2D eigenvalue weighted by Gasteiger charge is -2.17. The second kappa shape index (κ2) is 6.60. The average Bonchev–Trinajstić information content (AvgIpc) is 2.37. The molecule has 0 saturated carbocycles. The van der Waals surface area contributed by atoms with Crippen molar-refractivity contribution in [3.63, 3.8) is 0 Å². The van der Waals surface area contributed by atoms with Crippen LogP contribution < -0.4 is 11.1 Å². The SMILES string of the molecule is CC(Nc1ccc(C(N)=S)c(F)c1)c1ccc(Cl)cc1Cl. The van der Waals surface area contributed by atoms with E-state index in [2.05, 4.69) is 5.32 Å². The Morgan fingerprint density at radius 1 is 1.24 bits per heavy atom. The van der Waals surface area contributed by atoms with E-state index in [1.165, 1.54) is 6.07 Å². The molecule has 2 aromatic carbocycles. The molecule has 0 radical (unpaired) electrons. The number of hydrogen-bond donors (Lipinski definition) is 2. The van der Waals surface area contributed by atoms with E-state index in [0.29, 0.717) is 15.7 Å². The Labute approximate surface area is 138 Å². The lowest BCUT2D eigenvalue weighted by Crippen LogP contribution is -2.12. The van der Waals surface area contributed by atoms with Gasteiger partial charge in [-0.05, 0) is 42.8 Å². The van der Waals surface area contributed by atoms with Gasteiger partial charge in [0.05, 0.1) is 0 Å². The number of anilines is 1. The van der Waals surface area contributed by atoms with Gasteiger partial charge in [-0.15, -0.1) is 0 Å². The summed E-state index contributed by atoms with van der Waals surface area (Å²) in [7, 11) is 0. The van der Waals surface area contributed by atoms with Gasteiger partial charge in [-0.25, -0.2) is 4.39 Å². The van der Waals surface area contributed by atoms with Crippen LogP contribution in [0.2, 0.25) is 10.0 Å². The van der Waals surface area contributed by atoms with Crippen molar-refractivity contribution in [2.45, 2.75) is 13.0 Å². The molecule has 2 nitrogen and oxygen atoms in total. The molecule has 0 fully saturated rings. The van der Waals surface area contributed by atoms with E-state index in [1.807, 2.05) is 13.0 Å². The van der Waals surface area contributed by atoms with Gasteiger partial charge in [0.2, 0.25) is 0 Å². The number of rotatable bonds is 4. The van der Waals surface area contributed by atoms with Gasteiger partial charge in [-0.1, -0.05) is 41.5 Å². The van der Waals surface area contributed by atoms with E-state index in [0.717, 1.165) is 5.56 Å². The van der Waals surface area contributed by atoms with Crippen LogP contribution in [0.3, 0.4) is 0 Å². The molecule has 0 aromatic heterocycles. The third-order valence-corrected chi connectivity index (χ3v) is 3.83. The van der Waals surface area contributed by atoms with Crippen LogP contribution >= 0.6 is 35.4 Å². The molecule has 0 bridgehead atoms. The smallest absolute Gasteiger partial charge is 0.135 e. The fourth-order valence-corrected chi connectivity index (χ4v) is 2.72. The summed E-state index contributed by atoms with van der Waals surface area (Å²) in [6, 6.07) is 9.79. The fourth-order valence-electron chi connectivity index (χ4n) is 1.99. The van der Waals surface area contributed by atoms with Crippen molar-refractivity contribution in [3.8, 4) is 0 Å². The van der Waals surface area contributed by atoms with Gasteiger partial charge < -0.3 is 11.1 Å². The van der Waals surface area contributed by atoms with Crippen LogP contribution in [0.5, 0.6) is 0 Å². The Hall–Kier alpha value is -1.36. The molecular weight excluding hydrogens is 330 g/mol. The van der Waals surface area contributed by atoms with Gasteiger partial charge in [-0.3, -0.25) is 0 Å². The van der Waals surface area contributed by atoms with Crippen molar-refractivity contribution >= 4 is 46.1 Å². The first-order valence-corrected chi connectivity index (χ1v) is 7.35. The maximum atomic E-state index is 13.8. The molecule has 0 heterocycles. The minimum atomic E-state index is -0.457. The van der Waals surface area contributed by atoms with Gasteiger partial charge in [0.15, 0.2) is 0 Å². The topological polar surface area (TPSA) is 38.0 Å². The number of halogens is 3. The van der Waals surface area contributed by atoms with E-state index in [4.69, 9.17) is 41.2 Å². The van der Waals surface area contributed by atoms with E-state index < -0.39 is 5.82 Å². The Kier molecular flexibility index (Phi) is 5.04. The zero-order valence-electron chi connectivity index (χ0n) is 11.2. The van der Waals surface area contributed by atoms with E-state index >= 15 is 0 Å². The molecule has 0 aliphatic carbocycles. The van der Waals surface area contributed by atoms with Crippen molar-refractivity contribution in [1.82, 2.24) is 0 Å². The molecule has 1 unspecified atom stereocenters. The summed E-state index contributed by atoms with van der Waals surface area (Å²) in [5, 5.41) is 4.30. The Balaban J connectivity index is 2.21. The van der Waals surface area contributed by atoms with E-state index in [-0.39, 0.29) is 16.6 Å². The van der Waals surface area contributed by atoms with Gasteiger partial charge >= 0.3 is 0 Å². The first-order valence-electron chi connectivity index (χ1n) is 6.19. The Bertz CT molecular complexity index is 691. The van der Waals surface area contributed by atoms with Gasteiger partial charge in [0.25, 0.3) is 0 Å². The number of nitrogens with one attached hydrogen (secondary N) is 1. The molecule has 1 atom stereocenters. The van der Waals surface area contributed by atoms with Crippen LogP contribution in [0, 0.1) is 5.82 Å². The van der Waals surface area contributed by atoms with Gasteiger partial charge in [0.1, 0.15) is 10.8 Å². The molecule has 6 heteroatoms. The van der Waals surface area contributed by atoms with Crippen molar-refractivity contribution in [2.75, 3.05) is 5.32 Å². The Morgan fingerprint density at radius 2 is 1.95 bits per heavy atom. The number of benzene rings is 2. The summed E-state index contributed by atoms with van der Waals surface area (Å²) in [4.78, 5) is 0.0350. The highest BCUT2D eigenvalue weighted by atomic mass is 35.5. The summed E-state index contributed by atoms with van der Waals surface area (Å²) < 4.78 is 13.8. The predicted octanol–water partition coefficient (Wildman–Crippen LogP) is 4.94. The molecule has 2 rings (SSSR count). The molecule has 0 saturated heterocycles. The summed E-state index contributed by atoms with van der Waals surface area (Å²) in [6.07, 6.45) is 0. The molecule has 0 spiro atoms. The number of nitrogens with two attached hydrogens (primary N) is 1. The first kappa shape index (κ1) is 16.0. The normalized spacial score (nSPS) is 12.0. The summed E-state index contributed by atoms with van der Waals surface area (Å²) in [6.45, 7) is 1.93. The van der Waals surface area contributed by atoms with Gasteiger partial charge in [-0.2, -0.15) is 0 Å². The second-order valence-corrected chi connectivity index (χ2v) is 5.87. The van der Waals surface area contributed by atoms with Crippen LogP contribution in [0.25, 0.3) is 0 Å². The summed E-state index contributed by atoms with van der Waals surface area (Å²) >= 11 is 16.8. The molecule has 3 N–H and O–H groups in total. The quantitative estimate of drug-likeness (QED) is 0.772. The lowest BCUT2D eigenvalue weighted by atomic mass is 10.1. The molecule has 110 valence electrons. The van der Waals surface area contributed by atoms with Gasteiger partial charge in [0, 0.05) is 27.3 Å². The standard InChI is InChI=1S/C15H13Cl2FN2S/c1-8(11-4-2-9(16)6-13(11)17)20-10-3-5-12(15(19)21)14(18)7-10/h2-8,20H,1H3,(H2,19,21). The Morgan fingerprint density at radius 3 is 2.52 bits per heavy atom. The number of hydrogen-bond acceptors (Lipinski definition) is 2.